The van der Waals surface area contributed by atoms with Gasteiger partial charge in [0.25, 0.3) is 0 Å². The minimum atomic E-state index is -5.03. The standard InChI is InChI=1S/C51H89O12P/c1-3-5-7-9-11-13-15-17-19-21-22-23-24-25-26-28-30-32-34-36-38-40-45(52)62-44(43-61-64(58,59)63-51-49(56)47(54)46(53)48(55)50(51)57)42-60-41-39-37-35-33-31-29-27-20-18-16-14-12-10-8-6-4-2/h5,7,11-14,17-20,22-23,44,46-51,53-57H,3-4,6,8-10,15-16,21,24-43H2,1-2H3,(H,58,59)/b7-5-,13-11-,14-12-,19-17-,20-18-,23-22-. The first-order chi connectivity index (χ1) is 31.0. The van der Waals surface area contributed by atoms with Crippen LogP contribution in [0.4, 0.5) is 0 Å². The Kier molecular flexibility index (Phi) is 38.3. The molecule has 0 radical (unpaired) electrons. The van der Waals surface area contributed by atoms with Crippen molar-refractivity contribution in [2.75, 3.05) is 19.8 Å². The Morgan fingerprint density at radius 1 is 0.516 bits per heavy atom. The maximum absolute atomic E-state index is 12.8. The van der Waals surface area contributed by atoms with Gasteiger partial charge in [0.1, 0.15) is 42.7 Å². The average Bonchev–Trinajstić information content (AvgIpc) is 3.28. The lowest BCUT2D eigenvalue weighted by molar-refractivity contribution is -0.220. The second kappa shape index (κ2) is 41.0. The van der Waals surface area contributed by atoms with Crippen molar-refractivity contribution < 1.29 is 58.3 Å². The molecule has 13 heteroatoms. The van der Waals surface area contributed by atoms with Gasteiger partial charge in [0.15, 0.2) is 0 Å². The zero-order valence-electron chi connectivity index (χ0n) is 39.6. The highest BCUT2D eigenvalue weighted by Gasteiger charge is 2.51. The molecule has 1 fully saturated rings. The lowest BCUT2D eigenvalue weighted by atomic mass is 9.85. The van der Waals surface area contributed by atoms with Crippen LogP contribution in [0.15, 0.2) is 72.9 Å². The lowest BCUT2D eigenvalue weighted by Crippen LogP contribution is -2.64. The summed E-state index contributed by atoms with van der Waals surface area (Å²) in [7, 11) is -5.03. The van der Waals surface area contributed by atoms with Crippen molar-refractivity contribution in [3.8, 4) is 0 Å². The van der Waals surface area contributed by atoms with E-state index in [-0.39, 0.29) is 13.0 Å². The van der Waals surface area contributed by atoms with Gasteiger partial charge in [0.2, 0.25) is 0 Å². The fourth-order valence-corrected chi connectivity index (χ4v) is 8.11. The quantitative estimate of drug-likeness (QED) is 0.0147. The van der Waals surface area contributed by atoms with Crippen LogP contribution in [0.2, 0.25) is 0 Å². The van der Waals surface area contributed by atoms with Gasteiger partial charge in [-0.3, -0.25) is 13.8 Å². The second-order valence-corrected chi connectivity index (χ2v) is 18.3. The summed E-state index contributed by atoms with van der Waals surface area (Å²) >= 11 is 0. The molecule has 0 aromatic heterocycles. The molecule has 1 rings (SSSR count). The molecule has 6 N–H and O–H groups in total. The van der Waals surface area contributed by atoms with E-state index in [0.717, 1.165) is 109 Å². The third kappa shape index (κ3) is 32.5. The average molecular weight is 925 g/mol. The van der Waals surface area contributed by atoms with Crippen LogP contribution in [0.25, 0.3) is 0 Å². The van der Waals surface area contributed by atoms with Crippen molar-refractivity contribution >= 4 is 13.8 Å². The number of ether oxygens (including phenoxy) is 2. The van der Waals surface area contributed by atoms with Gasteiger partial charge < -0.3 is 39.9 Å². The van der Waals surface area contributed by atoms with Crippen molar-refractivity contribution in [1.29, 1.82) is 0 Å². The maximum Gasteiger partial charge on any atom is 0.472 e. The topological polar surface area (TPSA) is 192 Å². The summed E-state index contributed by atoms with van der Waals surface area (Å²) in [5.41, 5.74) is 0. The highest BCUT2D eigenvalue weighted by Crippen LogP contribution is 2.47. The molecule has 0 amide bonds. The number of unbranched alkanes of at least 4 members (excludes halogenated alkanes) is 17. The third-order valence-electron chi connectivity index (χ3n) is 11.1. The van der Waals surface area contributed by atoms with Crippen molar-refractivity contribution in [3.05, 3.63) is 72.9 Å². The van der Waals surface area contributed by atoms with Crippen molar-refractivity contribution in [3.63, 3.8) is 0 Å². The van der Waals surface area contributed by atoms with E-state index in [0.29, 0.717) is 13.0 Å². The summed E-state index contributed by atoms with van der Waals surface area (Å²) in [5, 5.41) is 50.3. The molecule has 0 aromatic rings. The Balaban J connectivity index is 2.37. The van der Waals surface area contributed by atoms with Crippen LogP contribution in [0, 0.1) is 0 Å². The van der Waals surface area contributed by atoms with E-state index in [1.165, 1.54) is 44.9 Å². The Morgan fingerprint density at radius 3 is 1.41 bits per heavy atom. The van der Waals surface area contributed by atoms with Gasteiger partial charge in [-0.05, 0) is 83.5 Å². The molecule has 12 nitrogen and oxygen atoms in total. The highest BCUT2D eigenvalue weighted by molar-refractivity contribution is 7.47. The molecule has 1 saturated carbocycles. The minimum absolute atomic E-state index is 0.0907. The number of esters is 1. The molecule has 6 unspecified atom stereocenters. The first kappa shape index (κ1) is 59.8. The molecule has 0 aromatic carbocycles. The molecule has 1 aliphatic carbocycles. The molecule has 64 heavy (non-hydrogen) atoms. The van der Waals surface area contributed by atoms with Crippen LogP contribution in [0.5, 0.6) is 0 Å². The second-order valence-electron chi connectivity index (χ2n) is 16.9. The molecular formula is C51H89O12P. The van der Waals surface area contributed by atoms with E-state index in [2.05, 4.69) is 86.8 Å². The van der Waals surface area contributed by atoms with Crippen LogP contribution < -0.4 is 0 Å². The third-order valence-corrected chi connectivity index (χ3v) is 12.0. The lowest BCUT2D eigenvalue weighted by Gasteiger charge is -2.41. The van der Waals surface area contributed by atoms with Gasteiger partial charge in [0, 0.05) is 13.0 Å². The van der Waals surface area contributed by atoms with Gasteiger partial charge in [0.05, 0.1) is 13.2 Å². The summed E-state index contributed by atoms with van der Waals surface area (Å²) in [5.74, 6) is -0.492. The summed E-state index contributed by atoms with van der Waals surface area (Å²) < 4.78 is 34.2. The maximum atomic E-state index is 12.8. The predicted octanol–water partition coefficient (Wildman–Crippen LogP) is 10.8. The smallest absolute Gasteiger partial charge is 0.457 e. The molecule has 1 aliphatic rings. The van der Waals surface area contributed by atoms with Gasteiger partial charge in [-0.2, -0.15) is 0 Å². The zero-order valence-corrected chi connectivity index (χ0v) is 40.5. The SMILES string of the molecule is CC/C=C\C/C=C\C/C=C\C/C=C\CCCCCCCCCCC(=O)OC(COCCCCCCCC/C=C\C/C=C\CCCCC)COP(=O)(O)OC1C(O)C(O)C(O)C(O)C1O. The number of hydrogen-bond donors (Lipinski definition) is 6. The summed E-state index contributed by atoms with van der Waals surface area (Å²) in [6.45, 7) is 4.09. The van der Waals surface area contributed by atoms with E-state index in [4.69, 9.17) is 18.5 Å². The minimum Gasteiger partial charge on any atom is -0.457 e. The van der Waals surface area contributed by atoms with Gasteiger partial charge in [-0.1, -0.05) is 164 Å². The Morgan fingerprint density at radius 2 is 0.922 bits per heavy atom. The first-order valence-corrected chi connectivity index (χ1v) is 26.3. The fourth-order valence-electron chi connectivity index (χ4n) is 7.14. The van der Waals surface area contributed by atoms with Crippen LogP contribution in [-0.4, -0.2) is 98.9 Å². The number of phosphoric acid groups is 1. The largest absolute Gasteiger partial charge is 0.472 e. The summed E-state index contributed by atoms with van der Waals surface area (Å²) in [4.78, 5) is 23.2. The molecule has 6 atom stereocenters. The van der Waals surface area contributed by atoms with E-state index in [1.807, 2.05) is 0 Å². The van der Waals surface area contributed by atoms with Crippen LogP contribution in [0.3, 0.4) is 0 Å². The van der Waals surface area contributed by atoms with E-state index >= 15 is 0 Å². The summed E-state index contributed by atoms with van der Waals surface area (Å²) in [6, 6.07) is 0. The van der Waals surface area contributed by atoms with E-state index in [9.17, 15) is 39.8 Å². The van der Waals surface area contributed by atoms with Crippen molar-refractivity contribution in [1.82, 2.24) is 0 Å². The molecule has 0 spiro atoms. The van der Waals surface area contributed by atoms with Crippen LogP contribution in [-0.2, 0) is 27.9 Å². The predicted molar refractivity (Wildman–Crippen MR) is 258 cm³/mol. The molecule has 0 aliphatic heterocycles. The van der Waals surface area contributed by atoms with Crippen LogP contribution in [0.1, 0.15) is 181 Å². The molecule has 0 heterocycles. The molecule has 0 bridgehead atoms. The fraction of sp³-hybridized carbons (Fsp3) is 0.745. The van der Waals surface area contributed by atoms with E-state index < -0.39 is 63.1 Å². The number of carbonyl (C=O) groups is 1. The van der Waals surface area contributed by atoms with Gasteiger partial charge >= 0.3 is 13.8 Å². The number of phosphoric ester groups is 1. The van der Waals surface area contributed by atoms with Gasteiger partial charge in [-0.25, -0.2) is 4.57 Å². The normalized spacial score (nSPS) is 22.3. The number of rotatable bonds is 41. The van der Waals surface area contributed by atoms with Crippen molar-refractivity contribution in [2.24, 2.45) is 0 Å². The molecule has 370 valence electrons. The number of aliphatic hydroxyl groups excluding tert-OH is 5. The number of carbonyl (C=O) groups excluding carboxylic acids is 1. The zero-order chi connectivity index (χ0) is 46.9. The highest BCUT2D eigenvalue weighted by atomic mass is 31.2. The monoisotopic (exact) mass is 925 g/mol. The van der Waals surface area contributed by atoms with Crippen LogP contribution >= 0.6 is 7.82 Å². The number of allylic oxidation sites excluding steroid dienone is 12. The molecular weight excluding hydrogens is 836 g/mol. The number of aliphatic hydroxyl groups is 5. The number of hydrogen-bond acceptors (Lipinski definition) is 11. The Bertz CT molecular complexity index is 1330. The first-order valence-electron chi connectivity index (χ1n) is 24.8. The van der Waals surface area contributed by atoms with Gasteiger partial charge in [-0.15, -0.1) is 0 Å². The van der Waals surface area contributed by atoms with Crippen molar-refractivity contribution in [2.45, 2.75) is 224 Å². The van der Waals surface area contributed by atoms with E-state index in [1.54, 1.807) is 0 Å². The Hall–Kier alpha value is -2.22. The summed E-state index contributed by atoms with van der Waals surface area (Å²) in [6.07, 6.45) is 41.0. The molecule has 0 saturated heterocycles. The Labute approximate surface area is 387 Å².